The standard InChI is InChI=1S/C26H21ClN4O2S/c1-16-22(25-29-24(30-33-25)18-9-6-10-19(27)15-18)23(17-7-4-3-5-8-17)28-26(34)31(16)20-11-13-21(32-2)14-12-20/h3-15,23H,1-2H3,(H,28,34). The molecule has 0 fully saturated rings. The first kappa shape index (κ1) is 22.1. The summed E-state index contributed by atoms with van der Waals surface area (Å²) in [7, 11) is 1.64. The molecule has 5 rings (SSSR count). The summed E-state index contributed by atoms with van der Waals surface area (Å²) in [5.41, 5.74) is 4.45. The number of benzene rings is 3. The third-order valence-electron chi connectivity index (χ3n) is 5.69. The Kier molecular flexibility index (Phi) is 6.04. The lowest BCUT2D eigenvalue weighted by Crippen LogP contribution is -2.46. The Bertz CT molecular complexity index is 1370. The van der Waals surface area contributed by atoms with E-state index < -0.39 is 0 Å². The van der Waals surface area contributed by atoms with Gasteiger partial charge in [0.05, 0.1) is 18.7 Å². The van der Waals surface area contributed by atoms with Gasteiger partial charge in [-0.3, -0.25) is 4.90 Å². The lowest BCUT2D eigenvalue weighted by atomic mass is 9.94. The highest BCUT2D eigenvalue weighted by atomic mass is 35.5. The number of halogens is 1. The molecule has 0 aliphatic carbocycles. The maximum atomic E-state index is 6.17. The summed E-state index contributed by atoms with van der Waals surface area (Å²) in [4.78, 5) is 6.69. The topological polar surface area (TPSA) is 63.4 Å². The maximum absolute atomic E-state index is 6.17. The Balaban J connectivity index is 1.64. The first-order chi connectivity index (χ1) is 16.5. The van der Waals surface area contributed by atoms with Gasteiger partial charge in [-0.1, -0.05) is 59.2 Å². The average molecular weight is 489 g/mol. The number of allylic oxidation sites excluding steroid dienone is 1. The molecular formula is C26H21ClN4O2S. The van der Waals surface area contributed by atoms with Crippen LogP contribution in [0.4, 0.5) is 5.69 Å². The van der Waals surface area contributed by atoms with Crippen molar-refractivity contribution in [3.05, 3.63) is 101 Å². The molecule has 0 saturated carbocycles. The van der Waals surface area contributed by atoms with Crippen molar-refractivity contribution in [1.29, 1.82) is 0 Å². The largest absolute Gasteiger partial charge is 0.497 e. The molecule has 1 unspecified atom stereocenters. The molecule has 1 atom stereocenters. The molecule has 0 spiro atoms. The number of nitrogens with zero attached hydrogens (tertiary/aromatic N) is 3. The minimum absolute atomic E-state index is 0.254. The molecule has 1 aromatic heterocycles. The number of hydrogen-bond donors (Lipinski definition) is 1. The van der Waals surface area contributed by atoms with Crippen LogP contribution in [-0.2, 0) is 0 Å². The molecule has 1 aliphatic rings. The molecule has 1 aliphatic heterocycles. The minimum Gasteiger partial charge on any atom is -0.497 e. The van der Waals surface area contributed by atoms with Crippen LogP contribution in [0.5, 0.6) is 5.75 Å². The molecular weight excluding hydrogens is 468 g/mol. The van der Waals surface area contributed by atoms with Crippen LogP contribution >= 0.6 is 23.8 Å². The van der Waals surface area contributed by atoms with Gasteiger partial charge in [-0.25, -0.2) is 0 Å². The van der Waals surface area contributed by atoms with Crippen molar-refractivity contribution in [2.75, 3.05) is 12.0 Å². The number of aromatic nitrogens is 2. The molecule has 1 N–H and O–H groups in total. The average Bonchev–Trinajstić information content (AvgIpc) is 3.34. The van der Waals surface area contributed by atoms with Gasteiger partial charge in [-0.2, -0.15) is 4.98 Å². The highest BCUT2D eigenvalue weighted by molar-refractivity contribution is 7.80. The van der Waals surface area contributed by atoms with E-state index in [0.29, 0.717) is 21.9 Å². The molecule has 8 heteroatoms. The molecule has 0 saturated heterocycles. The summed E-state index contributed by atoms with van der Waals surface area (Å²) in [6.45, 7) is 2.01. The van der Waals surface area contributed by atoms with E-state index in [1.54, 1.807) is 7.11 Å². The number of nitrogens with one attached hydrogen (secondary N) is 1. The predicted octanol–water partition coefficient (Wildman–Crippen LogP) is 6.27. The Morgan fingerprint density at radius 1 is 1.03 bits per heavy atom. The lowest BCUT2D eigenvalue weighted by Gasteiger charge is -2.37. The highest BCUT2D eigenvalue weighted by Crippen LogP contribution is 2.39. The third kappa shape index (κ3) is 4.16. The number of methoxy groups -OCH3 is 1. The summed E-state index contributed by atoms with van der Waals surface area (Å²) < 4.78 is 11.1. The molecule has 2 heterocycles. The second-order valence-corrected chi connectivity index (χ2v) is 8.58. The van der Waals surface area contributed by atoms with Crippen LogP contribution < -0.4 is 15.0 Å². The van der Waals surface area contributed by atoms with E-state index >= 15 is 0 Å². The zero-order valence-corrected chi connectivity index (χ0v) is 20.1. The van der Waals surface area contributed by atoms with Crippen LogP contribution in [0.25, 0.3) is 17.0 Å². The lowest BCUT2D eigenvalue weighted by molar-refractivity contribution is 0.404. The van der Waals surface area contributed by atoms with Gasteiger partial charge < -0.3 is 14.6 Å². The molecule has 6 nitrogen and oxygen atoms in total. The molecule has 170 valence electrons. The van der Waals surface area contributed by atoms with Crippen molar-refractivity contribution >= 4 is 40.2 Å². The number of anilines is 1. The number of hydrogen-bond acceptors (Lipinski definition) is 5. The van der Waals surface area contributed by atoms with E-state index in [-0.39, 0.29) is 6.04 Å². The third-order valence-corrected chi connectivity index (χ3v) is 6.22. The van der Waals surface area contributed by atoms with Crippen molar-refractivity contribution in [3.8, 4) is 17.1 Å². The summed E-state index contributed by atoms with van der Waals surface area (Å²) >= 11 is 12.0. The Morgan fingerprint density at radius 3 is 2.50 bits per heavy atom. The monoisotopic (exact) mass is 488 g/mol. The fourth-order valence-corrected chi connectivity index (χ4v) is 4.59. The van der Waals surface area contributed by atoms with Crippen LogP contribution in [0.2, 0.25) is 5.02 Å². The van der Waals surface area contributed by atoms with Crippen LogP contribution in [0, 0.1) is 0 Å². The highest BCUT2D eigenvalue weighted by Gasteiger charge is 2.34. The molecule has 0 bridgehead atoms. The zero-order valence-electron chi connectivity index (χ0n) is 18.5. The predicted molar refractivity (Wildman–Crippen MR) is 138 cm³/mol. The molecule has 0 amide bonds. The van der Waals surface area contributed by atoms with Crippen molar-refractivity contribution in [3.63, 3.8) is 0 Å². The zero-order chi connectivity index (χ0) is 23.7. The van der Waals surface area contributed by atoms with Crippen molar-refractivity contribution < 1.29 is 9.26 Å². The van der Waals surface area contributed by atoms with E-state index in [4.69, 9.17) is 38.1 Å². The van der Waals surface area contributed by atoms with Crippen molar-refractivity contribution in [2.24, 2.45) is 0 Å². The van der Waals surface area contributed by atoms with Gasteiger partial charge >= 0.3 is 0 Å². The number of ether oxygens (including phenoxy) is 1. The Hall–Kier alpha value is -3.68. The number of rotatable bonds is 5. The van der Waals surface area contributed by atoms with Crippen LogP contribution in [-0.4, -0.2) is 22.4 Å². The molecule has 34 heavy (non-hydrogen) atoms. The Morgan fingerprint density at radius 2 is 1.79 bits per heavy atom. The first-order valence-electron chi connectivity index (χ1n) is 10.7. The normalized spacial score (nSPS) is 15.9. The van der Waals surface area contributed by atoms with Gasteiger partial charge in [0.15, 0.2) is 5.11 Å². The van der Waals surface area contributed by atoms with Crippen LogP contribution in [0.3, 0.4) is 0 Å². The van der Waals surface area contributed by atoms with Gasteiger partial charge in [-0.05, 0) is 61.1 Å². The van der Waals surface area contributed by atoms with Crippen molar-refractivity contribution in [2.45, 2.75) is 13.0 Å². The summed E-state index contributed by atoms with van der Waals surface area (Å²) in [6, 6.07) is 24.9. The fourth-order valence-electron chi connectivity index (χ4n) is 4.04. The molecule has 3 aromatic carbocycles. The molecule has 4 aromatic rings. The summed E-state index contributed by atoms with van der Waals surface area (Å²) in [6.07, 6.45) is 0. The van der Waals surface area contributed by atoms with Gasteiger partial charge in [0, 0.05) is 22.0 Å². The van der Waals surface area contributed by atoms with Crippen LogP contribution in [0.15, 0.2) is 89.1 Å². The smallest absolute Gasteiger partial charge is 0.258 e. The maximum Gasteiger partial charge on any atom is 0.258 e. The quantitative estimate of drug-likeness (QED) is 0.332. The van der Waals surface area contributed by atoms with Gasteiger partial charge in [0.2, 0.25) is 5.82 Å². The van der Waals surface area contributed by atoms with E-state index in [0.717, 1.165) is 33.8 Å². The van der Waals surface area contributed by atoms with E-state index in [1.165, 1.54) is 0 Å². The Labute approximate surface area is 207 Å². The SMILES string of the molecule is COc1ccc(N2C(=S)NC(c3ccccc3)C(c3nc(-c4cccc(Cl)c4)no3)=C2C)cc1. The van der Waals surface area contributed by atoms with Gasteiger partial charge in [-0.15, -0.1) is 0 Å². The molecule has 0 radical (unpaired) electrons. The van der Waals surface area contributed by atoms with E-state index in [2.05, 4.69) is 10.5 Å². The second-order valence-electron chi connectivity index (χ2n) is 7.76. The van der Waals surface area contributed by atoms with Gasteiger partial charge in [0.25, 0.3) is 5.89 Å². The van der Waals surface area contributed by atoms with Crippen molar-refractivity contribution in [1.82, 2.24) is 15.5 Å². The second kappa shape index (κ2) is 9.29. The van der Waals surface area contributed by atoms with Gasteiger partial charge in [0.1, 0.15) is 5.75 Å². The number of thiocarbonyl (C=S) groups is 1. The summed E-state index contributed by atoms with van der Waals surface area (Å²) in [5.74, 6) is 1.65. The first-order valence-corrected chi connectivity index (χ1v) is 11.4. The minimum atomic E-state index is -0.254. The van der Waals surface area contributed by atoms with E-state index in [9.17, 15) is 0 Å². The van der Waals surface area contributed by atoms with Crippen LogP contribution in [0.1, 0.15) is 24.4 Å². The summed E-state index contributed by atoms with van der Waals surface area (Å²) in [5, 5.41) is 8.88. The van der Waals surface area contributed by atoms with E-state index in [1.807, 2.05) is 90.7 Å². The fraction of sp³-hybridized carbons (Fsp3) is 0.115.